The van der Waals surface area contributed by atoms with Crippen LogP contribution in [-0.2, 0) is 6.42 Å². The fourth-order valence-electron chi connectivity index (χ4n) is 1.54. The summed E-state index contributed by atoms with van der Waals surface area (Å²) in [4.78, 5) is 0. The van der Waals surface area contributed by atoms with Gasteiger partial charge in [-0.2, -0.15) is 0 Å². The Balaban J connectivity index is 2.94. The van der Waals surface area contributed by atoms with E-state index in [1.807, 2.05) is 13.8 Å². The molecule has 1 aromatic rings. The number of benzene rings is 1. The van der Waals surface area contributed by atoms with Gasteiger partial charge >= 0.3 is 0 Å². The van der Waals surface area contributed by atoms with Gasteiger partial charge in [0.15, 0.2) is 0 Å². The smallest absolute Gasteiger partial charge is 0.142 e. The number of aliphatic hydroxyl groups is 1. The molecule has 0 saturated heterocycles. The summed E-state index contributed by atoms with van der Waals surface area (Å²) >= 11 is 5.83. The second-order valence-corrected chi connectivity index (χ2v) is 4.20. The molecule has 0 aliphatic carbocycles. The summed E-state index contributed by atoms with van der Waals surface area (Å²) in [5.74, 6) is -0.427. The molecule has 1 aromatic carbocycles. The van der Waals surface area contributed by atoms with Gasteiger partial charge in [0.05, 0.1) is 10.6 Å². The molecule has 0 aliphatic rings. The molecule has 0 bridgehead atoms. The van der Waals surface area contributed by atoms with E-state index >= 15 is 0 Å². The largest absolute Gasteiger partial charge is 0.390 e. The van der Waals surface area contributed by atoms with Crippen LogP contribution >= 0.6 is 11.6 Å². The molecular formula is C12H16ClFO. The monoisotopic (exact) mass is 230 g/mol. The van der Waals surface area contributed by atoms with Crippen LogP contribution in [-0.4, -0.2) is 10.7 Å². The summed E-state index contributed by atoms with van der Waals surface area (Å²) in [5.41, 5.74) is -0.111. The van der Waals surface area contributed by atoms with Gasteiger partial charge in [-0.05, 0) is 24.5 Å². The van der Waals surface area contributed by atoms with E-state index in [1.165, 1.54) is 6.07 Å². The molecule has 1 nitrogen and oxygen atoms in total. The first kappa shape index (κ1) is 12.5. The zero-order valence-electron chi connectivity index (χ0n) is 9.06. The van der Waals surface area contributed by atoms with E-state index in [-0.39, 0.29) is 5.02 Å². The van der Waals surface area contributed by atoms with E-state index in [4.69, 9.17) is 11.6 Å². The van der Waals surface area contributed by atoms with E-state index in [9.17, 15) is 9.50 Å². The standard InChI is InChI=1S/C12H16ClFO/c1-3-12(15,4-2)8-9-6-5-7-10(14)11(9)13/h5-7,15H,3-4,8H2,1-2H3. The molecule has 0 spiro atoms. The Labute approximate surface area is 94.9 Å². The molecule has 84 valence electrons. The SMILES string of the molecule is CCC(O)(CC)Cc1cccc(F)c1Cl. The van der Waals surface area contributed by atoms with E-state index in [0.29, 0.717) is 24.8 Å². The maximum absolute atomic E-state index is 13.1. The highest BCUT2D eigenvalue weighted by atomic mass is 35.5. The van der Waals surface area contributed by atoms with Crippen molar-refractivity contribution in [3.05, 3.63) is 34.6 Å². The van der Waals surface area contributed by atoms with Crippen molar-refractivity contribution in [2.45, 2.75) is 38.7 Å². The lowest BCUT2D eigenvalue weighted by molar-refractivity contribution is 0.0326. The molecule has 1 N–H and O–H groups in total. The molecule has 1 rings (SSSR count). The lowest BCUT2D eigenvalue weighted by atomic mass is 9.89. The van der Waals surface area contributed by atoms with Crippen LogP contribution in [0.3, 0.4) is 0 Å². The van der Waals surface area contributed by atoms with Crippen molar-refractivity contribution in [1.82, 2.24) is 0 Å². The third-order valence-corrected chi connectivity index (χ3v) is 3.29. The van der Waals surface area contributed by atoms with E-state index in [2.05, 4.69) is 0 Å². The predicted octanol–water partition coefficient (Wildman–Crippen LogP) is 3.57. The number of halogens is 2. The highest BCUT2D eigenvalue weighted by Gasteiger charge is 2.24. The second-order valence-electron chi connectivity index (χ2n) is 3.82. The highest BCUT2D eigenvalue weighted by molar-refractivity contribution is 6.31. The topological polar surface area (TPSA) is 20.2 Å². The lowest BCUT2D eigenvalue weighted by Crippen LogP contribution is -2.29. The molecular weight excluding hydrogens is 215 g/mol. The van der Waals surface area contributed by atoms with Gasteiger partial charge in [-0.25, -0.2) is 4.39 Å². The van der Waals surface area contributed by atoms with Crippen LogP contribution < -0.4 is 0 Å². The zero-order chi connectivity index (χ0) is 11.5. The lowest BCUT2D eigenvalue weighted by Gasteiger charge is -2.25. The number of hydrogen-bond donors (Lipinski definition) is 1. The van der Waals surface area contributed by atoms with Crippen LogP contribution in [0.1, 0.15) is 32.3 Å². The Morgan fingerprint density at radius 3 is 2.47 bits per heavy atom. The Morgan fingerprint density at radius 1 is 1.33 bits per heavy atom. The molecule has 3 heteroatoms. The fourth-order valence-corrected chi connectivity index (χ4v) is 1.73. The van der Waals surface area contributed by atoms with Crippen LogP contribution in [0.4, 0.5) is 4.39 Å². The van der Waals surface area contributed by atoms with Crippen molar-refractivity contribution in [1.29, 1.82) is 0 Å². The molecule has 0 unspecified atom stereocenters. The Kier molecular flexibility index (Phi) is 4.12. The summed E-state index contributed by atoms with van der Waals surface area (Å²) in [5, 5.41) is 10.2. The zero-order valence-corrected chi connectivity index (χ0v) is 9.81. The maximum atomic E-state index is 13.1. The minimum absolute atomic E-state index is 0.123. The third-order valence-electron chi connectivity index (χ3n) is 2.87. The first-order valence-corrected chi connectivity index (χ1v) is 5.55. The normalized spacial score (nSPS) is 11.8. The van der Waals surface area contributed by atoms with Gasteiger partial charge in [0, 0.05) is 6.42 Å². The molecule has 0 radical (unpaired) electrons. The van der Waals surface area contributed by atoms with Crippen LogP contribution in [0, 0.1) is 5.82 Å². The Hall–Kier alpha value is -0.600. The van der Waals surface area contributed by atoms with Crippen molar-refractivity contribution in [2.75, 3.05) is 0 Å². The quantitative estimate of drug-likeness (QED) is 0.839. The van der Waals surface area contributed by atoms with Crippen molar-refractivity contribution >= 4 is 11.6 Å². The van der Waals surface area contributed by atoms with E-state index < -0.39 is 11.4 Å². The maximum Gasteiger partial charge on any atom is 0.142 e. The minimum Gasteiger partial charge on any atom is -0.390 e. The van der Waals surface area contributed by atoms with Crippen molar-refractivity contribution in [2.24, 2.45) is 0 Å². The van der Waals surface area contributed by atoms with Gasteiger partial charge < -0.3 is 5.11 Å². The van der Waals surface area contributed by atoms with Crippen molar-refractivity contribution in [3.63, 3.8) is 0 Å². The summed E-state index contributed by atoms with van der Waals surface area (Å²) in [6.45, 7) is 3.83. The van der Waals surface area contributed by atoms with Crippen LogP contribution in [0.5, 0.6) is 0 Å². The first-order chi connectivity index (χ1) is 7.02. The Bertz CT molecular complexity index is 334. The van der Waals surface area contributed by atoms with Crippen molar-refractivity contribution < 1.29 is 9.50 Å². The Morgan fingerprint density at radius 2 is 1.93 bits per heavy atom. The molecule has 15 heavy (non-hydrogen) atoms. The van der Waals surface area contributed by atoms with Crippen LogP contribution in [0.25, 0.3) is 0 Å². The molecule has 0 fully saturated rings. The molecule has 0 amide bonds. The summed E-state index contributed by atoms with van der Waals surface area (Å²) < 4.78 is 13.1. The van der Waals surface area contributed by atoms with Crippen LogP contribution in [0.15, 0.2) is 18.2 Å². The highest BCUT2D eigenvalue weighted by Crippen LogP contribution is 2.27. The van der Waals surface area contributed by atoms with Gasteiger partial charge in [-0.3, -0.25) is 0 Å². The summed E-state index contributed by atoms with van der Waals surface area (Å²) in [6, 6.07) is 4.69. The average molecular weight is 231 g/mol. The molecule has 0 saturated carbocycles. The molecule has 0 atom stereocenters. The average Bonchev–Trinajstić information content (AvgIpc) is 2.25. The molecule has 0 aliphatic heterocycles. The van der Waals surface area contributed by atoms with E-state index in [1.54, 1.807) is 12.1 Å². The van der Waals surface area contributed by atoms with Gasteiger partial charge in [-0.15, -0.1) is 0 Å². The van der Waals surface area contributed by atoms with Gasteiger partial charge in [0.2, 0.25) is 0 Å². The first-order valence-electron chi connectivity index (χ1n) is 5.17. The summed E-state index contributed by atoms with van der Waals surface area (Å²) in [6.07, 6.45) is 1.67. The predicted molar refractivity (Wildman–Crippen MR) is 60.6 cm³/mol. The van der Waals surface area contributed by atoms with Crippen molar-refractivity contribution in [3.8, 4) is 0 Å². The summed E-state index contributed by atoms with van der Waals surface area (Å²) in [7, 11) is 0. The fraction of sp³-hybridized carbons (Fsp3) is 0.500. The molecule has 0 aromatic heterocycles. The minimum atomic E-state index is -0.780. The second kappa shape index (κ2) is 4.95. The van der Waals surface area contributed by atoms with Gasteiger partial charge in [0.1, 0.15) is 5.82 Å². The number of hydrogen-bond acceptors (Lipinski definition) is 1. The van der Waals surface area contributed by atoms with Gasteiger partial charge in [-0.1, -0.05) is 37.6 Å². The number of rotatable bonds is 4. The molecule has 0 heterocycles. The van der Waals surface area contributed by atoms with E-state index in [0.717, 1.165) is 0 Å². The third kappa shape index (κ3) is 2.93. The van der Waals surface area contributed by atoms with Crippen LogP contribution in [0.2, 0.25) is 5.02 Å². The van der Waals surface area contributed by atoms with Gasteiger partial charge in [0.25, 0.3) is 0 Å².